The molecule has 1 aromatic heterocycles. The molecule has 116 valence electrons. The van der Waals surface area contributed by atoms with E-state index in [9.17, 15) is 0 Å². The average molecular weight is 409 g/mol. The number of halogens is 1. The largest absolute Gasteiger partial charge is 0.356 e. The van der Waals surface area contributed by atoms with Gasteiger partial charge in [-0.1, -0.05) is 19.9 Å². The Morgan fingerprint density at radius 1 is 1.45 bits per heavy atom. The topological polar surface area (TPSA) is 27.6 Å². The lowest BCUT2D eigenvalue weighted by Crippen LogP contribution is -2.40. The van der Waals surface area contributed by atoms with Crippen molar-refractivity contribution in [2.45, 2.75) is 33.1 Å². The fourth-order valence-electron chi connectivity index (χ4n) is 1.93. The second kappa shape index (κ2) is 11.4. The molecule has 0 aliphatic heterocycles. The number of rotatable bonds is 7. The highest BCUT2D eigenvalue weighted by Gasteiger charge is 2.05. The van der Waals surface area contributed by atoms with Crippen molar-refractivity contribution in [2.75, 3.05) is 27.2 Å². The standard InChI is InChI=1S/C15H27N3S.HI/c1-13(2)7-5-10-17-15(16-3)18(4)11-9-14-8-6-12-19-14;/h6,8,12-13H,5,7,9-11H2,1-4H3,(H,16,17);1H. The van der Waals surface area contributed by atoms with Crippen LogP contribution in [0.1, 0.15) is 31.6 Å². The van der Waals surface area contributed by atoms with E-state index in [2.05, 4.69) is 53.6 Å². The van der Waals surface area contributed by atoms with Crippen molar-refractivity contribution in [1.82, 2.24) is 10.2 Å². The van der Waals surface area contributed by atoms with Crippen LogP contribution in [0.2, 0.25) is 0 Å². The maximum atomic E-state index is 4.34. The second-order valence-electron chi connectivity index (χ2n) is 5.26. The molecule has 5 heteroatoms. The lowest BCUT2D eigenvalue weighted by atomic mass is 10.1. The highest BCUT2D eigenvalue weighted by Crippen LogP contribution is 2.09. The first-order chi connectivity index (χ1) is 9.13. The molecular weight excluding hydrogens is 381 g/mol. The van der Waals surface area contributed by atoms with Crippen LogP contribution in [0.5, 0.6) is 0 Å². The summed E-state index contributed by atoms with van der Waals surface area (Å²) in [5.41, 5.74) is 0. The van der Waals surface area contributed by atoms with Gasteiger partial charge in [0, 0.05) is 32.1 Å². The van der Waals surface area contributed by atoms with Gasteiger partial charge in [0.1, 0.15) is 0 Å². The molecule has 0 saturated carbocycles. The number of hydrogen-bond acceptors (Lipinski definition) is 2. The third-order valence-electron chi connectivity index (χ3n) is 3.09. The predicted octanol–water partition coefficient (Wildman–Crippen LogP) is 3.85. The molecule has 0 aliphatic rings. The normalized spacial score (nSPS) is 11.3. The lowest BCUT2D eigenvalue weighted by molar-refractivity contribution is 0.478. The molecule has 0 aromatic carbocycles. The van der Waals surface area contributed by atoms with Gasteiger partial charge in [0.25, 0.3) is 0 Å². The predicted molar refractivity (Wildman–Crippen MR) is 102 cm³/mol. The zero-order valence-electron chi connectivity index (χ0n) is 13.1. The van der Waals surface area contributed by atoms with Crippen LogP contribution in [0.3, 0.4) is 0 Å². The Morgan fingerprint density at radius 3 is 2.75 bits per heavy atom. The summed E-state index contributed by atoms with van der Waals surface area (Å²) in [5, 5.41) is 5.57. The third-order valence-corrected chi connectivity index (χ3v) is 4.02. The minimum Gasteiger partial charge on any atom is -0.356 e. The summed E-state index contributed by atoms with van der Waals surface area (Å²) in [7, 11) is 3.96. The Labute approximate surface area is 144 Å². The van der Waals surface area contributed by atoms with Crippen molar-refractivity contribution in [3.05, 3.63) is 22.4 Å². The average Bonchev–Trinajstić information content (AvgIpc) is 2.89. The van der Waals surface area contributed by atoms with E-state index in [1.165, 1.54) is 17.7 Å². The van der Waals surface area contributed by atoms with Gasteiger partial charge in [-0.2, -0.15) is 0 Å². The summed E-state index contributed by atoms with van der Waals surface area (Å²) in [6.45, 7) is 6.54. The van der Waals surface area contributed by atoms with Crippen molar-refractivity contribution in [2.24, 2.45) is 10.9 Å². The van der Waals surface area contributed by atoms with Crippen LogP contribution in [0.4, 0.5) is 0 Å². The number of likely N-dealkylation sites (N-methyl/N-ethyl adjacent to an activating group) is 1. The Bertz CT molecular complexity index is 363. The summed E-state index contributed by atoms with van der Waals surface area (Å²) in [6, 6.07) is 4.30. The van der Waals surface area contributed by atoms with Crippen molar-refractivity contribution in [3.8, 4) is 0 Å². The first-order valence-electron chi connectivity index (χ1n) is 7.07. The third kappa shape index (κ3) is 8.09. The molecule has 0 radical (unpaired) electrons. The molecule has 0 unspecified atom stereocenters. The number of aliphatic imine (C=N–C) groups is 1. The summed E-state index contributed by atoms with van der Waals surface area (Å²) >= 11 is 1.82. The van der Waals surface area contributed by atoms with Crippen LogP contribution in [-0.4, -0.2) is 38.0 Å². The van der Waals surface area contributed by atoms with E-state index in [0.717, 1.165) is 31.4 Å². The Morgan fingerprint density at radius 2 is 2.20 bits per heavy atom. The lowest BCUT2D eigenvalue weighted by Gasteiger charge is -2.22. The van der Waals surface area contributed by atoms with E-state index >= 15 is 0 Å². The zero-order chi connectivity index (χ0) is 14.1. The SMILES string of the molecule is CN=C(NCCCC(C)C)N(C)CCc1cccs1.I. The molecule has 0 atom stereocenters. The smallest absolute Gasteiger partial charge is 0.193 e. The highest BCUT2D eigenvalue weighted by atomic mass is 127. The zero-order valence-corrected chi connectivity index (χ0v) is 16.2. The molecular formula is C15H28IN3S. The Hall–Kier alpha value is -0.300. The first kappa shape index (κ1) is 19.7. The summed E-state index contributed by atoms with van der Waals surface area (Å²) in [5.74, 6) is 1.78. The highest BCUT2D eigenvalue weighted by molar-refractivity contribution is 14.0. The van der Waals surface area contributed by atoms with E-state index in [0.29, 0.717) is 0 Å². The van der Waals surface area contributed by atoms with Crippen LogP contribution < -0.4 is 5.32 Å². The second-order valence-corrected chi connectivity index (χ2v) is 6.29. The molecule has 1 heterocycles. The van der Waals surface area contributed by atoms with Gasteiger partial charge >= 0.3 is 0 Å². The molecule has 3 nitrogen and oxygen atoms in total. The van der Waals surface area contributed by atoms with Crippen molar-refractivity contribution in [1.29, 1.82) is 0 Å². The maximum Gasteiger partial charge on any atom is 0.193 e. The molecule has 0 aliphatic carbocycles. The fourth-order valence-corrected chi connectivity index (χ4v) is 2.63. The minimum atomic E-state index is 0. The molecule has 0 bridgehead atoms. The van der Waals surface area contributed by atoms with E-state index in [1.807, 2.05) is 18.4 Å². The first-order valence-corrected chi connectivity index (χ1v) is 7.95. The molecule has 20 heavy (non-hydrogen) atoms. The molecule has 0 spiro atoms. The van der Waals surface area contributed by atoms with Gasteiger partial charge in [0.2, 0.25) is 0 Å². The number of thiophene rings is 1. The van der Waals surface area contributed by atoms with Crippen molar-refractivity contribution < 1.29 is 0 Å². The van der Waals surface area contributed by atoms with E-state index < -0.39 is 0 Å². The van der Waals surface area contributed by atoms with Gasteiger partial charge in [-0.3, -0.25) is 4.99 Å². The molecule has 1 aromatic rings. The number of nitrogens with one attached hydrogen (secondary N) is 1. The van der Waals surface area contributed by atoms with Gasteiger partial charge in [-0.15, -0.1) is 35.3 Å². The monoisotopic (exact) mass is 409 g/mol. The Balaban J connectivity index is 0.00000361. The Kier molecular flexibility index (Phi) is 11.2. The molecule has 1 N–H and O–H groups in total. The van der Waals surface area contributed by atoms with Crippen LogP contribution in [-0.2, 0) is 6.42 Å². The summed E-state index contributed by atoms with van der Waals surface area (Å²) < 4.78 is 0. The van der Waals surface area contributed by atoms with Crippen LogP contribution in [0, 0.1) is 5.92 Å². The summed E-state index contributed by atoms with van der Waals surface area (Å²) in [4.78, 5) is 7.98. The van der Waals surface area contributed by atoms with E-state index in [4.69, 9.17) is 0 Å². The van der Waals surface area contributed by atoms with E-state index in [-0.39, 0.29) is 24.0 Å². The minimum absolute atomic E-state index is 0. The number of hydrogen-bond donors (Lipinski definition) is 1. The van der Waals surface area contributed by atoms with Crippen molar-refractivity contribution >= 4 is 41.3 Å². The number of guanidine groups is 1. The van der Waals surface area contributed by atoms with Crippen LogP contribution in [0.15, 0.2) is 22.5 Å². The number of nitrogens with zero attached hydrogens (tertiary/aromatic N) is 2. The summed E-state index contributed by atoms with van der Waals surface area (Å²) in [6.07, 6.45) is 3.55. The van der Waals surface area contributed by atoms with Gasteiger partial charge in [-0.05, 0) is 36.6 Å². The van der Waals surface area contributed by atoms with Crippen LogP contribution >= 0.6 is 35.3 Å². The quantitative estimate of drug-likeness (QED) is 0.321. The molecule has 1 rings (SSSR count). The fraction of sp³-hybridized carbons (Fsp3) is 0.667. The van der Waals surface area contributed by atoms with Crippen molar-refractivity contribution in [3.63, 3.8) is 0 Å². The van der Waals surface area contributed by atoms with Gasteiger partial charge < -0.3 is 10.2 Å². The van der Waals surface area contributed by atoms with Gasteiger partial charge in [0.15, 0.2) is 5.96 Å². The maximum absolute atomic E-state index is 4.34. The molecule has 0 fully saturated rings. The van der Waals surface area contributed by atoms with Gasteiger partial charge in [0.05, 0.1) is 0 Å². The molecule has 0 amide bonds. The van der Waals surface area contributed by atoms with E-state index in [1.54, 1.807) is 0 Å². The molecule has 0 saturated heterocycles. The van der Waals surface area contributed by atoms with Crippen LogP contribution in [0.25, 0.3) is 0 Å². The van der Waals surface area contributed by atoms with Gasteiger partial charge in [-0.25, -0.2) is 0 Å².